The van der Waals surface area contributed by atoms with Gasteiger partial charge in [-0.2, -0.15) is 0 Å². The van der Waals surface area contributed by atoms with Crippen LogP contribution in [0.4, 0.5) is 10.5 Å². The first-order valence-corrected chi connectivity index (χ1v) is 9.01. The number of hydrogen-bond acceptors (Lipinski definition) is 5. The summed E-state index contributed by atoms with van der Waals surface area (Å²) < 4.78 is 5.12. The van der Waals surface area contributed by atoms with Crippen molar-refractivity contribution in [3.8, 4) is 5.75 Å². The maximum absolute atomic E-state index is 12.6. The molecule has 1 heterocycles. The van der Waals surface area contributed by atoms with E-state index in [1.807, 2.05) is 56.3 Å². The molecule has 3 rings (SSSR count). The molecule has 2 amide bonds. The van der Waals surface area contributed by atoms with E-state index in [0.717, 1.165) is 39.9 Å². The van der Waals surface area contributed by atoms with E-state index in [9.17, 15) is 9.59 Å². The van der Waals surface area contributed by atoms with Crippen LogP contribution in [0.15, 0.2) is 47.4 Å². The molecule has 1 aliphatic heterocycles. The number of nitrogens with one attached hydrogen (secondary N) is 1. The van der Waals surface area contributed by atoms with Crippen molar-refractivity contribution in [1.29, 1.82) is 0 Å². The highest BCUT2D eigenvalue weighted by molar-refractivity contribution is 8.18. The van der Waals surface area contributed by atoms with Crippen LogP contribution >= 0.6 is 11.8 Å². The van der Waals surface area contributed by atoms with Gasteiger partial charge in [-0.05, 0) is 60.5 Å². The van der Waals surface area contributed by atoms with E-state index in [1.54, 1.807) is 13.2 Å². The Morgan fingerprint density at radius 3 is 2.35 bits per heavy atom. The van der Waals surface area contributed by atoms with Crippen LogP contribution in [0, 0.1) is 13.8 Å². The molecule has 2 aromatic rings. The fourth-order valence-corrected chi connectivity index (χ4v) is 3.58. The SMILES string of the molecule is COc1ccc(/C=C2/SC(=O)N(CNc3c(C)cccc3C)C2=O)cc1. The smallest absolute Gasteiger partial charge is 0.295 e. The first kappa shape index (κ1) is 18.1. The second kappa shape index (κ2) is 7.66. The molecule has 1 fully saturated rings. The standard InChI is InChI=1S/C20H20N2O3S/c1-13-5-4-6-14(2)18(13)21-12-22-19(23)17(26-20(22)24)11-15-7-9-16(25-3)10-8-15/h4-11,21H,12H2,1-3H3/b17-11+. The summed E-state index contributed by atoms with van der Waals surface area (Å²) >= 11 is 0.957. The lowest BCUT2D eigenvalue weighted by atomic mass is 10.1. The van der Waals surface area contributed by atoms with Gasteiger partial charge in [0.2, 0.25) is 0 Å². The van der Waals surface area contributed by atoms with E-state index in [1.165, 1.54) is 4.90 Å². The summed E-state index contributed by atoms with van der Waals surface area (Å²) in [5, 5.41) is 2.94. The summed E-state index contributed by atoms with van der Waals surface area (Å²) in [6.07, 6.45) is 1.73. The van der Waals surface area contributed by atoms with Crippen molar-refractivity contribution in [2.75, 3.05) is 19.1 Å². The minimum atomic E-state index is -0.283. The number of carbonyl (C=O) groups excluding carboxylic acids is 2. The van der Waals surface area contributed by atoms with Gasteiger partial charge >= 0.3 is 0 Å². The fraction of sp³-hybridized carbons (Fsp3) is 0.200. The van der Waals surface area contributed by atoms with Gasteiger partial charge < -0.3 is 10.1 Å². The van der Waals surface area contributed by atoms with Crippen LogP contribution in [-0.4, -0.2) is 29.8 Å². The molecule has 2 aromatic carbocycles. The van der Waals surface area contributed by atoms with Gasteiger partial charge in [0.15, 0.2) is 0 Å². The van der Waals surface area contributed by atoms with Crippen molar-refractivity contribution >= 4 is 34.7 Å². The molecule has 1 saturated heterocycles. The fourth-order valence-electron chi connectivity index (χ4n) is 2.74. The highest BCUT2D eigenvalue weighted by Gasteiger charge is 2.34. The van der Waals surface area contributed by atoms with Crippen molar-refractivity contribution in [3.63, 3.8) is 0 Å². The molecule has 0 spiro atoms. The number of anilines is 1. The molecule has 0 aliphatic carbocycles. The van der Waals surface area contributed by atoms with Crippen molar-refractivity contribution in [3.05, 3.63) is 64.1 Å². The average Bonchev–Trinajstić information content (AvgIpc) is 2.89. The summed E-state index contributed by atoms with van der Waals surface area (Å²) in [7, 11) is 1.60. The molecule has 0 saturated carbocycles. The van der Waals surface area contributed by atoms with Crippen LogP contribution in [0.3, 0.4) is 0 Å². The Balaban J connectivity index is 1.73. The number of amides is 2. The van der Waals surface area contributed by atoms with Gasteiger partial charge in [0.1, 0.15) is 5.75 Å². The number of aryl methyl sites for hydroxylation is 2. The first-order chi connectivity index (χ1) is 12.5. The molecule has 1 N–H and O–H groups in total. The van der Waals surface area contributed by atoms with Crippen molar-refractivity contribution in [2.45, 2.75) is 13.8 Å². The van der Waals surface area contributed by atoms with Gasteiger partial charge in [-0.15, -0.1) is 0 Å². The molecule has 0 bridgehead atoms. The molecule has 134 valence electrons. The summed E-state index contributed by atoms with van der Waals surface area (Å²) in [5.41, 5.74) is 3.95. The monoisotopic (exact) mass is 368 g/mol. The summed E-state index contributed by atoms with van der Waals surface area (Å²) in [5.74, 6) is 0.461. The Hall–Kier alpha value is -2.73. The van der Waals surface area contributed by atoms with E-state index < -0.39 is 0 Å². The van der Waals surface area contributed by atoms with Gasteiger partial charge in [-0.25, -0.2) is 0 Å². The molecule has 6 heteroatoms. The van der Waals surface area contributed by atoms with E-state index in [0.29, 0.717) is 4.91 Å². The number of carbonyl (C=O) groups is 2. The predicted octanol–water partition coefficient (Wildman–Crippen LogP) is 4.42. The van der Waals surface area contributed by atoms with Crippen molar-refractivity contribution in [2.24, 2.45) is 0 Å². The summed E-state index contributed by atoms with van der Waals surface area (Å²) in [4.78, 5) is 26.5. The Kier molecular flexibility index (Phi) is 5.32. The lowest BCUT2D eigenvalue weighted by Gasteiger charge is -2.17. The van der Waals surface area contributed by atoms with Crippen LogP contribution in [-0.2, 0) is 4.79 Å². The molecule has 26 heavy (non-hydrogen) atoms. The van der Waals surface area contributed by atoms with Gasteiger partial charge in [0, 0.05) is 5.69 Å². The summed E-state index contributed by atoms with van der Waals surface area (Å²) in [6, 6.07) is 13.3. The zero-order valence-corrected chi connectivity index (χ0v) is 15.7. The Morgan fingerprint density at radius 2 is 1.73 bits per heavy atom. The Morgan fingerprint density at radius 1 is 1.08 bits per heavy atom. The van der Waals surface area contributed by atoms with Crippen LogP contribution in [0.2, 0.25) is 0 Å². The van der Waals surface area contributed by atoms with E-state index >= 15 is 0 Å². The van der Waals surface area contributed by atoms with Crippen LogP contribution in [0.25, 0.3) is 6.08 Å². The number of nitrogens with zero attached hydrogens (tertiary/aromatic N) is 1. The molecule has 5 nitrogen and oxygen atoms in total. The Bertz CT molecular complexity index is 855. The third-order valence-electron chi connectivity index (χ3n) is 4.18. The molecule has 1 aliphatic rings. The molecular formula is C20H20N2O3S. The van der Waals surface area contributed by atoms with E-state index in [2.05, 4.69) is 5.32 Å². The van der Waals surface area contributed by atoms with Crippen LogP contribution in [0.1, 0.15) is 16.7 Å². The van der Waals surface area contributed by atoms with Gasteiger partial charge in [0.05, 0.1) is 18.7 Å². The first-order valence-electron chi connectivity index (χ1n) is 8.19. The normalized spacial score (nSPS) is 15.7. The average molecular weight is 368 g/mol. The number of para-hydroxylation sites is 1. The van der Waals surface area contributed by atoms with E-state index in [4.69, 9.17) is 4.74 Å². The van der Waals surface area contributed by atoms with Crippen LogP contribution < -0.4 is 10.1 Å². The van der Waals surface area contributed by atoms with Crippen molar-refractivity contribution < 1.29 is 14.3 Å². The third kappa shape index (κ3) is 3.75. The highest BCUT2D eigenvalue weighted by atomic mass is 32.2. The Labute approximate surface area is 157 Å². The van der Waals surface area contributed by atoms with E-state index in [-0.39, 0.29) is 17.8 Å². The number of methoxy groups -OCH3 is 1. The second-order valence-corrected chi connectivity index (χ2v) is 6.98. The number of hydrogen-bond donors (Lipinski definition) is 1. The highest BCUT2D eigenvalue weighted by Crippen LogP contribution is 2.32. The van der Waals surface area contributed by atoms with Crippen LogP contribution in [0.5, 0.6) is 5.75 Å². The molecule has 0 unspecified atom stereocenters. The number of rotatable bonds is 5. The molecule has 0 atom stereocenters. The third-order valence-corrected chi connectivity index (χ3v) is 5.09. The summed E-state index contributed by atoms with van der Waals surface area (Å²) in [6.45, 7) is 4.13. The number of ether oxygens (including phenoxy) is 1. The maximum atomic E-state index is 12.6. The molecule has 0 aromatic heterocycles. The number of thioether (sulfide) groups is 1. The lowest BCUT2D eigenvalue weighted by Crippen LogP contribution is -2.33. The minimum absolute atomic E-state index is 0.149. The maximum Gasteiger partial charge on any atom is 0.295 e. The predicted molar refractivity (Wildman–Crippen MR) is 105 cm³/mol. The van der Waals surface area contributed by atoms with Crippen molar-refractivity contribution in [1.82, 2.24) is 4.90 Å². The lowest BCUT2D eigenvalue weighted by molar-refractivity contribution is -0.122. The minimum Gasteiger partial charge on any atom is -0.497 e. The molecule has 0 radical (unpaired) electrons. The van der Waals surface area contributed by atoms with Gasteiger partial charge in [-0.1, -0.05) is 30.3 Å². The zero-order chi connectivity index (χ0) is 18.7. The zero-order valence-electron chi connectivity index (χ0n) is 14.9. The topological polar surface area (TPSA) is 58.6 Å². The largest absolute Gasteiger partial charge is 0.497 e. The second-order valence-electron chi connectivity index (χ2n) is 5.98. The van der Waals surface area contributed by atoms with Gasteiger partial charge in [0.25, 0.3) is 11.1 Å². The quantitative estimate of drug-likeness (QED) is 0.792. The number of imide groups is 1. The number of benzene rings is 2. The molecular weight excluding hydrogens is 348 g/mol. The van der Waals surface area contributed by atoms with Gasteiger partial charge in [-0.3, -0.25) is 14.5 Å².